The maximum Gasteiger partial charge on any atom is 0.188 e. The van der Waals surface area contributed by atoms with Gasteiger partial charge in [-0.25, -0.2) is 0 Å². The molecule has 0 aromatic carbocycles. The van der Waals surface area contributed by atoms with Gasteiger partial charge in [0.2, 0.25) is 0 Å². The third-order valence-electron chi connectivity index (χ3n) is 3.01. The van der Waals surface area contributed by atoms with Gasteiger partial charge in [0.15, 0.2) is 14.2 Å². The fourth-order valence-corrected chi connectivity index (χ4v) is 3.93. The molecule has 0 aromatic heterocycles. The van der Waals surface area contributed by atoms with Crippen molar-refractivity contribution in [2.24, 2.45) is 0 Å². The largest absolute Gasteiger partial charge is 0.418 e. The summed E-state index contributed by atoms with van der Waals surface area (Å²) < 4.78 is 5.80. The molecular formula is C15H32O2SSi. The van der Waals surface area contributed by atoms with Crippen molar-refractivity contribution < 1.29 is 9.22 Å². The van der Waals surface area contributed by atoms with Crippen LogP contribution in [0.25, 0.3) is 0 Å². The van der Waals surface area contributed by atoms with Crippen molar-refractivity contribution in [3.05, 3.63) is 0 Å². The van der Waals surface area contributed by atoms with E-state index in [4.69, 9.17) is 4.43 Å². The maximum atomic E-state index is 11.6. The van der Waals surface area contributed by atoms with Crippen molar-refractivity contribution in [1.82, 2.24) is 0 Å². The topological polar surface area (TPSA) is 26.3 Å². The first kappa shape index (κ1) is 19.2. The zero-order valence-corrected chi connectivity index (χ0v) is 15.2. The summed E-state index contributed by atoms with van der Waals surface area (Å²) in [5, 5.41) is 0.378. The number of hydrogen-bond acceptors (Lipinski definition) is 3. The van der Waals surface area contributed by atoms with Crippen molar-refractivity contribution >= 4 is 25.9 Å². The molecule has 0 radical (unpaired) electrons. The molecule has 1 unspecified atom stereocenters. The van der Waals surface area contributed by atoms with Gasteiger partial charge >= 0.3 is 0 Å². The van der Waals surface area contributed by atoms with Gasteiger partial charge in [0.05, 0.1) is 0 Å². The van der Waals surface area contributed by atoms with Crippen molar-refractivity contribution in [2.75, 3.05) is 5.75 Å². The minimum atomic E-state index is -0.899. The molecule has 0 fully saturated rings. The average Bonchev–Trinajstić information content (AvgIpc) is 2.33. The molecule has 0 N–H and O–H groups in total. The van der Waals surface area contributed by atoms with Crippen LogP contribution in [0.5, 0.6) is 0 Å². The minimum absolute atomic E-state index is 0.372. The second-order valence-electron chi connectivity index (χ2n) is 5.52. The molecule has 0 spiro atoms. The van der Waals surface area contributed by atoms with Crippen LogP contribution in [-0.4, -0.2) is 26.0 Å². The van der Waals surface area contributed by atoms with Gasteiger partial charge in [0, 0.05) is 18.3 Å². The van der Waals surface area contributed by atoms with Gasteiger partial charge in [-0.1, -0.05) is 44.4 Å². The highest BCUT2D eigenvalue weighted by Gasteiger charge is 2.07. The van der Waals surface area contributed by atoms with E-state index >= 15 is 0 Å². The Morgan fingerprint density at radius 3 is 2.47 bits per heavy atom. The maximum absolute atomic E-state index is 11.6. The molecule has 2 nitrogen and oxygen atoms in total. The number of carbonyl (C=O) groups is 1. The molecule has 19 heavy (non-hydrogen) atoms. The van der Waals surface area contributed by atoms with Gasteiger partial charge in [0.1, 0.15) is 0 Å². The first-order valence-electron chi connectivity index (χ1n) is 7.87. The molecule has 0 saturated heterocycles. The molecular weight excluding hydrogens is 272 g/mol. The van der Waals surface area contributed by atoms with Gasteiger partial charge in [-0.2, -0.15) is 0 Å². The molecule has 0 rings (SSSR count). The summed E-state index contributed by atoms with van der Waals surface area (Å²) >= 11 is 1.52. The Balaban J connectivity index is 3.33. The Bertz CT molecular complexity index is 222. The fourth-order valence-electron chi connectivity index (χ4n) is 2.03. The number of rotatable bonds is 12. The van der Waals surface area contributed by atoms with E-state index in [9.17, 15) is 4.79 Å². The Hall–Kier alpha value is 0.197. The highest BCUT2D eigenvalue weighted by molar-refractivity contribution is 8.13. The quantitative estimate of drug-likeness (QED) is 0.383. The number of carbonyl (C=O) groups excluding carboxylic acids is 1. The summed E-state index contributed by atoms with van der Waals surface area (Å²) in [5.41, 5.74) is 0. The summed E-state index contributed by atoms with van der Waals surface area (Å²) in [6, 6.07) is 0. The number of hydrogen-bond donors (Lipinski definition) is 0. The van der Waals surface area contributed by atoms with Crippen LogP contribution in [0.1, 0.15) is 65.2 Å². The van der Waals surface area contributed by atoms with Crippen LogP contribution >= 0.6 is 11.8 Å². The van der Waals surface area contributed by atoms with Crippen molar-refractivity contribution in [1.29, 1.82) is 0 Å². The highest BCUT2D eigenvalue weighted by Crippen LogP contribution is 2.14. The molecule has 0 amide bonds. The molecule has 0 aliphatic carbocycles. The van der Waals surface area contributed by atoms with E-state index in [1.165, 1.54) is 37.4 Å². The molecule has 0 aromatic rings. The average molecular weight is 305 g/mol. The number of unbranched alkanes of at least 4 members (excludes halogenated alkanes) is 4. The van der Waals surface area contributed by atoms with E-state index in [2.05, 4.69) is 26.9 Å². The van der Waals surface area contributed by atoms with E-state index in [1.54, 1.807) is 0 Å². The van der Waals surface area contributed by atoms with Crippen LogP contribution in [0.15, 0.2) is 0 Å². The Morgan fingerprint density at radius 1 is 1.16 bits per heavy atom. The van der Waals surface area contributed by atoms with Gasteiger partial charge in [-0.15, -0.1) is 0 Å². The Labute approximate surface area is 125 Å². The smallest absolute Gasteiger partial charge is 0.188 e. The predicted molar refractivity (Wildman–Crippen MR) is 89.5 cm³/mol. The predicted octanol–water partition coefficient (Wildman–Crippen LogP) is 4.78. The van der Waals surface area contributed by atoms with E-state index in [0.717, 1.165) is 31.4 Å². The Kier molecular flexibility index (Phi) is 13.3. The summed E-state index contributed by atoms with van der Waals surface area (Å²) in [5.74, 6) is 0.959. The third kappa shape index (κ3) is 14.4. The van der Waals surface area contributed by atoms with E-state index in [0.29, 0.717) is 11.2 Å². The summed E-state index contributed by atoms with van der Waals surface area (Å²) in [7, 11) is -0.899. The zero-order chi connectivity index (χ0) is 14.5. The van der Waals surface area contributed by atoms with Gasteiger partial charge in [-0.05, 0) is 39.3 Å². The van der Waals surface area contributed by atoms with Gasteiger partial charge < -0.3 is 4.43 Å². The molecule has 1 atom stereocenters. The van der Waals surface area contributed by atoms with Crippen molar-refractivity contribution in [3.8, 4) is 0 Å². The standard InChI is InChI=1S/C15H32O2SSi/c1-5-6-7-8-9-12-15(16)18-13-10-11-14(2)17-19(3)4/h14,19H,5-13H2,1-4H3. The lowest BCUT2D eigenvalue weighted by molar-refractivity contribution is -0.111. The van der Waals surface area contributed by atoms with E-state index in [1.807, 2.05) is 0 Å². The van der Waals surface area contributed by atoms with Gasteiger partial charge in [0.25, 0.3) is 0 Å². The molecule has 4 heteroatoms. The third-order valence-corrected chi connectivity index (χ3v) is 5.03. The van der Waals surface area contributed by atoms with Crippen molar-refractivity contribution in [3.63, 3.8) is 0 Å². The first-order chi connectivity index (χ1) is 9.06. The van der Waals surface area contributed by atoms with Gasteiger partial charge in [-0.3, -0.25) is 4.79 Å². The fraction of sp³-hybridized carbons (Fsp3) is 0.933. The highest BCUT2D eigenvalue weighted by atomic mass is 32.2. The van der Waals surface area contributed by atoms with Crippen LogP contribution in [0.2, 0.25) is 13.1 Å². The van der Waals surface area contributed by atoms with E-state index < -0.39 is 9.04 Å². The molecule has 0 bridgehead atoms. The number of thioether (sulfide) groups is 1. The summed E-state index contributed by atoms with van der Waals surface area (Å²) in [4.78, 5) is 11.6. The van der Waals surface area contributed by atoms with Crippen LogP contribution in [0.3, 0.4) is 0 Å². The van der Waals surface area contributed by atoms with Crippen LogP contribution in [0, 0.1) is 0 Å². The van der Waals surface area contributed by atoms with Crippen molar-refractivity contribution in [2.45, 2.75) is 84.4 Å². The summed E-state index contributed by atoms with van der Waals surface area (Å²) in [6.07, 6.45) is 9.45. The zero-order valence-electron chi connectivity index (χ0n) is 13.2. The molecule has 0 saturated carbocycles. The minimum Gasteiger partial charge on any atom is -0.418 e. The lowest BCUT2D eigenvalue weighted by Gasteiger charge is -2.15. The monoisotopic (exact) mass is 304 g/mol. The van der Waals surface area contributed by atoms with Crippen LogP contribution < -0.4 is 0 Å². The van der Waals surface area contributed by atoms with E-state index in [-0.39, 0.29) is 0 Å². The molecule has 0 aliphatic heterocycles. The molecule has 114 valence electrons. The lowest BCUT2D eigenvalue weighted by atomic mass is 10.1. The Morgan fingerprint density at radius 2 is 1.84 bits per heavy atom. The second kappa shape index (κ2) is 13.2. The molecule has 0 aliphatic rings. The van der Waals surface area contributed by atoms with Crippen LogP contribution in [0.4, 0.5) is 0 Å². The second-order valence-corrected chi connectivity index (χ2v) is 9.04. The lowest BCUT2D eigenvalue weighted by Crippen LogP contribution is -2.17. The normalized spacial score (nSPS) is 12.9. The first-order valence-corrected chi connectivity index (χ1v) is 11.6. The molecule has 0 heterocycles. The SMILES string of the molecule is CCCCCCCC(=O)SCCCC(C)O[SiH](C)C. The summed E-state index contributed by atoms with van der Waals surface area (Å²) in [6.45, 7) is 8.77. The van der Waals surface area contributed by atoms with Crippen LogP contribution in [-0.2, 0) is 9.22 Å².